The van der Waals surface area contributed by atoms with E-state index in [1.54, 1.807) is 6.92 Å². The Morgan fingerprint density at radius 2 is 1.83 bits per heavy atom. The highest BCUT2D eigenvalue weighted by Gasteiger charge is 2.67. The zero-order chi connectivity index (χ0) is 13.6. The van der Waals surface area contributed by atoms with Crippen LogP contribution in [-0.2, 0) is 9.84 Å². The highest BCUT2D eigenvalue weighted by Crippen LogP contribution is 2.53. The lowest BCUT2D eigenvalue weighted by atomic mass is 10.1. The Labute approximate surface area is 108 Å². The first-order valence-corrected chi connectivity index (χ1v) is 7.85. The average Bonchev–Trinajstić information content (AvgIpc) is 2.98. The molecular formula is C13H20N2O2S. The molecule has 3 atom stereocenters. The number of sulfone groups is 1. The Bertz CT molecular complexity index is 539. The second kappa shape index (κ2) is 4.33. The standard InChI is InChI=1S/C13H20N2O2S/c1-3-18(16,17)12-11(13(12,15)8-14)10-6-4-9(2)5-7-10/h4-7,11-12H,3,8,14-15H2,1-2H3/t11-,12-,13-/m1/s1. The van der Waals surface area contributed by atoms with Crippen molar-refractivity contribution >= 4 is 9.84 Å². The zero-order valence-corrected chi connectivity index (χ0v) is 11.6. The Hall–Kier alpha value is -0.910. The Morgan fingerprint density at radius 1 is 1.28 bits per heavy atom. The molecule has 1 aliphatic rings. The molecule has 4 nitrogen and oxygen atoms in total. The maximum absolute atomic E-state index is 12.1. The fourth-order valence-corrected chi connectivity index (χ4v) is 4.66. The smallest absolute Gasteiger partial charge is 0.155 e. The van der Waals surface area contributed by atoms with E-state index in [-0.39, 0.29) is 18.2 Å². The van der Waals surface area contributed by atoms with Crippen LogP contribution < -0.4 is 11.5 Å². The van der Waals surface area contributed by atoms with Crippen molar-refractivity contribution < 1.29 is 8.42 Å². The van der Waals surface area contributed by atoms with Gasteiger partial charge in [0.1, 0.15) is 0 Å². The highest BCUT2D eigenvalue weighted by molar-refractivity contribution is 7.92. The van der Waals surface area contributed by atoms with Gasteiger partial charge >= 0.3 is 0 Å². The topological polar surface area (TPSA) is 86.2 Å². The quantitative estimate of drug-likeness (QED) is 0.835. The van der Waals surface area contributed by atoms with Crippen LogP contribution in [0.15, 0.2) is 24.3 Å². The molecule has 0 bridgehead atoms. The summed E-state index contributed by atoms with van der Waals surface area (Å²) in [6.45, 7) is 3.84. The summed E-state index contributed by atoms with van der Waals surface area (Å²) in [5.41, 5.74) is 13.1. The molecule has 0 saturated heterocycles. The van der Waals surface area contributed by atoms with Gasteiger partial charge in [0.05, 0.1) is 10.8 Å². The molecule has 5 heteroatoms. The Morgan fingerprint density at radius 3 is 2.28 bits per heavy atom. The summed E-state index contributed by atoms with van der Waals surface area (Å²) < 4.78 is 24.1. The minimum atomic E-state index is -3.16. The van der Waals surface area contributed by atoms with Crippen LogP contribution in [0.25, 0.3) is 0 Å². The number of aryl methyl sites for hydroxylation is 1. The normalized spacial score (nSPS) is 31.3. The van der Waals surface area contributed by atoms with E-state index in [4.69, 9.17) is 11.5 Å². The molecule has 0 aliphatic heterocycles. The summed E-state index contributed by atoms with van der Waals surface area (Å²) in [6.07, 6.45) is 0. The van der Waals surface area contributed by atoms with Crippen LogP contribution in [0.5, 0.6) is 0 Å². The molecular weight excluding hydrogens is 248 g/mol. The van der Waals surface area contributed by atoms with Crippen molar-refractivity contribution in [2.75, 3.05) is 12.3 Å². The van der Waals surface area contributed by atoms with Crippen LogP contribution in [0.3, 0.4) is 0 Å². The molecule has 0 heterocycles. The van der Waals surface area contributed by atoms with E-state index >= 15 is 0 Å². The van der Waals surface area contributed by atoms with Gasteiger partial charge in [-0.15, -0.1) is 0 Å². The number of hydrogen-bond donors (Lipinski definition) is 2. The lowest BCUT2D eigenvalue weighted by Gasteiger charge is -2.08. The minimum absolute atomic E-state index is 0.110. The Balaban J connectivity index is 2.37. The first kappa shape index (κ1) is 13.5. The second-order valence-corrected chi connectivity index (χ2v) is 7.49. The van der Waals surface area contributed by atoms with Crippen LogP contribution >= 0.6 is 0 Å². The highest BCUT2D eigenvalue weighted by atomic mass is 32.2. The number of benzene rings is 1. The molecule has 100 valence electrons. The zero-order valence-electron chi connectivity index (χ0n) is 10.8. The molecule has 0 aromatic heterocycles. The monoisotopic (exact) mass is 268 g/mol. The van der Waals surface area contributed by atoms with Crippen molar-refractivity contribution in [1.29, 1.82) is 0 Å². The largest absolute Gasteiger partial charge is 0.329 e. The van der Waals surface area contributed by atoms with E-state index in [0.717, 1.165) is 11.1 Å². The van der Waals surface area contributed by atoms with E-state index in [1.165, 1.54) is 0 Å². The summed E-state index contributed by atoms with van der Waals surface area (Å²) in [6, 6.07) is 7.84. The predicted molar refractivity (Wildman–Crippen MR) is 73.1 cm³/mol. The molecule has 1 aromatic carbocycles. The number of nitrogens with two attached hydrogens (primary N) is 2. The van der Waals surface area contributed by atoms with Crippen LogP contribution in [-0.4, -0.2) is 31.5 Å². The number of hydrogen-bond acceptors (Lipinski definition) is 4. The molecule has 1 fully saturated rings. The third kappa shape index (κ3) is 1.96. The second-order valence-electron chi connectivity index (χ2n) is 5.08. The van der Waals surface area contributed by atoms with Gasteiger partial charge in [-0.25, -0.2) is 8.42 Å². The van der Waals surface area contributed by atoms with Crippen LogP contribution in [0.4, 0.5) is 0 Å². The van der Waals surface area contributed by atoms with Gasteiger partial charge in [-0.1, -0.05) is 36.8 Å². The summed E-state index contributed by atoms with van der Waals surface area (Å²) in [5.74, 6) is -0.0630. The first-order valence-electron chi connectivity index (χ1n) is 6.14. The molecule has 1 aliphatic carbocycles. The minimum Gasteiger partial charge on any atom is -0.329 e. The van der Waals surface area contributed by atoms with Gasteiger partial charge < -0.3 is 11.5 Å². The van der Waals surface area contributed by atoms with Crippen LogP contribution in [0.1, 0.15) is 24.0 Å². The van der Waals surface area contributed by atoms with Gasteiger partial charge in [0, 0.05) is 18.2 Å². The fraction of sp³-hybridized carbons (Fsp3) is 0.538. The van der Waals surface area contributed by atoms with Crippen molar-refractivity contribution in [2.45, 2.75) is 30.6 Å². The van der Waals surface area contributed by atoms with Crippen LogP contribution in [0.2, 0.25) is 0 Å². The fourth-order valence-electron chi connectivity index (χ4n) is 2.65. The predicted octanol–water partition coefficient (Wildman–Crippen LogP) is 0.552. The molecule has 1 saturated carbocycles. The van der Waals surface area contributed by atoms with E-state index in [9.17, 15) is 8.42 Å². The molecule has 4 N–H and O–H groups in total. The van der Waals surface area contributed by atoms with Crippen molar-refractivity contribution in [2.24, 2.45) is 11.5 Å². The summed E-state index contributed by atoms with van der Waals surface area (Å²) in [4.78, 5) is 0. The van der Waals surface area contributed by atoms with E-state index in [2.05, 4.69) is 0 Å². The van der Waals surface area contributed by atoms with Gasteiger partial charge in [-0.3, -0.25) is 0 Å². The maximum Gasteiger partial charge on any atom is 0.155 e. The van der Waals surface area contributed by atoms with E-state index in [1.807, 2.05) is 31.2 Å². The van der Waals surface area contributed by atoms with Gasteiger partial charge in [0.15, 0.2) is 9.84 Å². The van der Waals surface area contributed by atoms with Crippen molar-refractivity contribution in [3.8, 4) is 0 Å². The Kier molecular flexibility index (Phi) is 3.25. The molecule has 0 unspecified atom stereocenters. The van der Waals surface area contributed by atoms with Gasteiger partial charge in [0.25, 0.3) is 0 Å². The van der Waals surface area contributed by atoms with Gasteiger partial charge in [-0.05, 0) is 12.5 Å². The lowest BCUT2D eigenvalue weighted by Crippen LogP contribution is -2.39. The molecule has 0 radical (unpaired) electrons. The number of rotatable bonds is 4. The third-order valence-electron chi connectivity index (χ3n) is 3.88. The van der Waals surface area contributed by atoms with Crippen LogP contribution in [0, 0.1) is 6.92 Å². The molecule has 1 aromatic rings. The molecule has 0 spiro atoms. The summed E-state index contributed by atoms with van der Waals surface area (Å²) in [7, 11) is -3.16. The molecule has 2 rings (SSSR count). The van der Waals surface area contributed by atoms with Gasteiger partial charge in [0.2, 0.25) is 0 Å². The van der Waals surface area contributed by atoms with Crippen molar-refractivity contribution in [1.82, 2.24) is 0 Å². The summed E-state index contributed by atoms with van der Waals surface area (Å²) >= 11 is 0. The first-order chi connectivity index (χ1) is 8.36. The van der Waals surface area contributed by atoms with Crippen molar-refractivity contribution in [3.05, 3.63) is 35.4 Å². The van der Waals surface area contributed by atoms with E-state index < -0.39 is 20.6 Å². The van der Waals surface area contributed by atoms with Crippen molar-refractivity contribution in [3.63, 3.8) is 0 Å². The van der Waals surface area contributed by atoms with Gasteiger partial charge in [-0.2, -0.15) is 0 Å². The van der Waals surface area contributed by atoms with E-state index in [0.29, 0.717) is 0 Å². The lowest BCUT2D eigenvalue weighted by molar-refractivity contribution is 0.587. The molecule has 18 heavy (non-hydrogen) atoms. The average molecular weight is 268 g/mol. The summed E-state index contributed by atoms with van der Waals surface area (Å²) in [5, 5.41) is -0.539. The molecule has 0 amide bonds. The SMILES string of the molecule is CCS(=O)(=O)[C@@H]1[C@@H](c2ccc(C)cc2)[C@]1(N)CN. The maximum atomic E-state index is 12.1. The third-order valence-corrected chi connectivity index (χ3v) is 6.17.